The molecule has 134 valence electrons. The van der Waals surface area contributed by atoms with Gasteiger partial charge in [0.05, 0.1) is 6.54 Å². The van der Waals surface area contributed by atoms with Crippen LogP contribution in [0, 0.1) is 5.82 Å². The van der Waals surface area contributed by atoms with Gasteiger partial charge in [-0.1, -0.05) is 24.6 Å². The summed E-state index contributed by atoms with van der Waals surface area (Å²) in [6, 6.07) is 5.17. The summed E-state index contributed by atoms with van der Waals surface area (Å²) in [4.78, 5) is 18.5. The van der Waals surface area contributed by atoms with Crippen LogP contribution in [0.15, 0.2) is 18.2 Å². The normalized spacial score (nSPS) is 17.3. The van der Waals surface area contributed by atoms with Gasteiger partial charge in [-0.25, -0.2) is 4.39 Å². The number of amides is 1. The molecule has 1 aromatic rings. The molecule has 1 atom stereocenters. The number of carbonyl (C=O) groups is 1. The average Bonchev–Trinajstić information content (AvgIpc) is 2.58. The van der Waals surface area contributed by atoms with Crippen LogP contribution in [0.5, 0.6) is 0 Å². The SMILES string of the molecule is CCC(C)N(C)CC(=O)N1CCN(Cc2c(F)cccc2Cl)CC1. The van der Waals surface area contributed by atoms with E-state index in [0.29, 0.717) is 42.8 Å². The highest BCUT2D eigenvalue weighted by Gasteiger charge is 2.23. The Labute approximate surface area is 149 Å². The fourth-order valence-corrected chi connectivity index (χ4v) is 3.07. The van der Waals surface area contributed by atoms with Crippen molar-refractivity contribution < 1.29 is 9.18 Å². The zero-order valence-electron chi connectivity index (χ0n) is 14.8. The number of nitrogens with zero attached hydrogens (tertiary/aromatic N) is 3. The lowest BCUT2D eigenvalue weighted by Crippen LogP contribution is -2.51. The summed E-state index contributed by atoms with van der Waals surface area (Å²) in [6.07, 6.45) is 1.03. The zero-order valence-corrected chi connectivity index (χ0v) is 15.5. The first kappa shape index (κ1) is 19.2. The van der Waals surface area contributed by atoms with Crippen molar-refractivity contribution in [3.05, 3.63) is 34.6 Å². The minimum atomic E-state index is -0.267. The Morgan fingerprint density at radius 2 is 2.00 bits per heavy atom. The molecular formula is C18H27ClFN3O. The molecular weight excluding hydrogens is 329 g/mol. The molecule has 1 fully saturated rings. The Balaban J connectivity index is 1.84. The van der Waals surface area contributed by atoms with Crippen molar-refractivity contribution in [1.29, 1.82) is 0 Å². The molecule has 1 heterocycles. The molecule has 0 spiro atoms. The molecule has 1 aromatic carbocycles. The Bertz CT molecular complexity index is 541. The van der Waals surface area contributed by atoms with E-state index in [-0.39, 0.29) is 11.7 Å². The molecule has 1 unspecified atom stereocenters. The molecule has 0 N–H and O–H groups in total. The summed E-state index contributed by atoms with van der Waals surface area (Å²) in [7, 11) is 1.99. The summed E-state index contributed by atoms with van der Waals surface area (Å²) in [5, 5.41) is 0.462. The van der Waals surface area contributed by atoms with E-state index in [0.717, 1.165) is 19.5 Å². The largest absolute Gasteiger partial charge is 0.339 e. The molecule has 1 amide bonds. The number of piperazine rings is 1. The van der Waals surface area contributed by atoms with E-state index in [4.69, 9.17) is 11.6 Å². The van der Waals surface area contributed by atoms with Gasteiger partial charge in [0.15, 0.2) is 0 Å². The monoisotopic (exact) mass is 355 g/mol. The Kier molecular flexibility index (Phi) is 7.02. The van der Waals surface area contributed by atoms with Crippen molar-refractivity contribution in [2.24, 2.45) is 0 Å². The zero-order chi connectivity index (χ0) is 17.7. The topological polar surface area (TPSA) is 26.8 Å². The van der Waals surface area contributed by atoms with E-state index in [1.807, 2.05) is 11.9 Å². The standard InChI is InChI=1S/C18H27ClFN3O/c1-4-14(2)21(3)13-18(24)23-10-8-22(9-11-23)12-15-16(19)6-5-7-17(15)20/h5-7,14H,4,8-13H2,1-3H3. The van der Waals surface area contributed by atoms with Crippen molar-refractivity contribution in [3.63, 3.8) is 0 Å². The first-order chi connectivity index (χ1) is 11.4. The predicted molar refractivity (Wildman–Crippen MR) is 95.7 cm³/mol. The minimum absolute atomic E-state index is 0.168. The lowest BCUT2D eigenvalue weighted by Gasteiger charge is -2.36. The fourth-order valence-electron chi connectivity index (χ4n) is 2.84. The first-order valence-corrected chi connectivity index (χ1v) is 8.93. The Morgan fingerprint density at radius 3 is 2.58 bits per heavy atom. The number of carbonyl (C=O) groups excluding carboxylic acids is 1. The molecule has 1 aliphatic rings. The molecule has 6 heteroatoms. The van der Waals surface area contributed by atoms with Crippen molar-refractivity contribution in [1.82, 2.24) is 14.7 Å². The Hall–Kier alpha value is -1.17. The third kappa shape index (κ3) is 4.91. The molecule has 1 aliphatic heterocycles. The van der Waals surface area contributed by atoms with E-state index in [9.17, 15) is 9.18 Å². The maximum Gasteiger partial charge on any atom is 0.236 e. The second-order valence-electron chi connectivity index (χ2n) is 6.53. The number of benzene rings is 1. The predicted octanol–water partition coefficient (Wildman–Crippen LogP) is 2.85. The van der Waals surface area contributed by atoms with Crippen molar-refractivity contribution >= 4 is 17.5 Å². The van der Waals surface area contributed by atoms with Crippen LogP contribution in [0.25, 0.3) is 0 Å². The number of hydrogen-bond acceptors (Lipinski definition) is 3. The number of halogens is 2. The lowest BCUT2D eigenvalue weighted by atomic mass is 10.1. The third-order valence-electron chi connectivity index (χ3n) is 4.90. The number of rotatable bonds is 6. The third-order valence-corrected chi connectivity index (χ3v) is 5.25. The summed E-state index contributed by atoms with van der Waals surface area (Å²) in [5.41, 5.74) is 0.537. The van der Waals surface area contributed by atoms with Gasteiger partial charge in [0.1, 0.15) is 5.82 Å². The van der Waals surface area contributed by atoms with Gasteiger partial charge in [-0.05, 0) is 32.5 Å². The summed E-state index contributed by atoms with van der Waals surface area (Å²) in [5.74, 6) is -0.0995. The first-order valence-electron chi connectivity index (χ1n) is 8.55. The van der Waals surface area contributed by atoms with Crippen LogP contribution in [0.3, 0.4) is 0 Å². The van der Waals surface area contributed by atoms with E-state index in [1.54, 1.807) is 12.1 Å². The molecule has 2 rings (SSSR count). The van der Waals surface area contributed by atoms with Gasteiger partial charge in [0.2, 0.25) is 5.91 Å². The van der Waals surface area contributed by atoms with Crippen LogP contribution in [0.4, 0.5) is 4.39 Å². The van der Waals surface area contributed by atoms with Crippen molar-refractivity contribution in [3.8, 4) is 0 Å². The molecule has 0 radical (unpaired) electrons. The Morgan fingerprint density at radius 1 is 1.33 bits per heavy atom. The van der Waals surface area contributed by atoms with Crippen LogP contribution in [-0.2, 0) is 11.3 Å². The highest BCUT2D eigenvalue weighted by Crippen LogP contribution is 2.21. The number of hydrogen-bond donors (Lipinski definition) is 0. The summed E-state index contributed by atoms with van der Waals surface area (Å²) >= 11 is 6.09. The minimum Gasteiger partial charge on any atom is -0.339 e. The van der Waals surface area contributed by atoms with E-state index < -0.39 is 0 Å². The van der Waals surface area contributed by atoms with E-state index in [2.05, 4.69) is 23.6 Å². The molecule has 0 aliphatic carbocycles. The highest BCUT2D eigenvalue weighted by molar-refractivity contribution is 6.31. The smallest absolute Gasteiger partial charge is 0.236 e. The van der Waals surface area contributed by atoms with Gasteiger partial charge < -0.3 is 4.90 Å². The van der Waals surface area contributed by atoms with Gasteiger partial charge in [-0.3, -0.25) is 14.6 Å². The van der Waals surface area contributed by atoms with Gasteiger partial charge in [-0.2, -0.15) is 0 Å². The van der Waals surface area contributed by atoms with Gasteiger partial charge in [0, 0.05) is 49.4 Å². The molecule has 4 nitrogen and oxygen atoms in total. The quantitative estimate of drug-likeness (QED) is 0.785. The van der Waals surface area contributed by atoms with Gasteiger partial charge in [-0.15, -0.1) is 0 Å². The maximum atomic E-state index is 13.9. The fraction of sp³-hybridized carbons (Fsp3) is 0.611. The maximum absolute atomic E-state index is 13.9. The van der Waals surface area contributed by atoms with Crippen molar-refractivity contribution in [2.45, 2.75) is 32.9 Å². The molecule has 0 bridgehead atoms. The number of likely N-dealkylation sites (N-methyl/N-ethyl adjacent to an activating group) is 1. The summed E-state index contributed by atoms with van der Waals surface area (Å²) < 4.78 is 13.9. The molecule has 24 heavy (non-hydrogen) atoms. The second kappa shape index (κ2) is 8.79. The van der Waals surface area contributed by atoms with Crippen LogP contribution in [-0.4, -0.2) is 66.4 Å². The van der Waals surface area contributed by atoms with Crippen molar-refractivity contribution in [2.75, 3.05) is 39.8 Å². The van der Waals surface area contributed by atoms with Crippen LogP contribution >= 0.6 is 11.6 Å². The van der Waals surface area contributed by atoms with E-state index in [1.165, 1.54) is 6.07 Å². The van der Waals surface area contributed by atoms with Gasteiger partial charge >= 0.3 is 0 Å². The lowest BCUT2D eigenvalue weighted by molar-refractivity contribution is -0.134. The van der Waals surface area contributed by atoms with Gasteiger partial charge in [0.25, 0.3) is 0 Å². The van der Waals surface area contributed by atoms with Crippen LogP contribution < -0.4 is 0 Å². The van der Waals surface area contributed by atoms with Crippen LogP contribution in [0.2, 0.25) is 5.02 Å². The molecule has 0 saturated carbocycles. The summed E-state index contributed by atoms with van der Waals surface area (Å²) in [6.45, 7) is 8.03. The highest BCUT2D eigenvalue weighted by atomic mass is 35.5. The molecule has 0 aromatic heterocycles. The average molecular weight is 356 g/mol. The second-order valence-corrected chi connectivity index (χ2v) is 6.94. The van der Waals surface area contributed by atoms with E-state index >= 15 is 0 Å². The molecule has 1 saturated heterocycles. The van der Waals surface area contributed by atoms with Crippen LogP contribution in [0.1, 0.15) is 25.8 Å².